The van der Waals surface area contributed by atoms with E-state index < -0.39 is 23.2 Å². The normalized spacial score (nSPS) is 13.0. The summed E-state index contributed by atoms with van der Waals surface area (Å²) in [5.74, 6) is -2.15. The fraction of sp³-hybridized carbons (Fsp3) is 0.0714. The number of carbonyl (C=O) groups excluding carboxylic acids is 2. The molecule has 2 aromatic rings. The molecule has 0 bridgehead atoms. The van der Waals surface area contributed by atoms with E-state index in [1.165, 1.54) is 19.2 Å². The van der Waals surface area contributed by atoms with Gasteiger partial charge in [-0.3, -0.25) is 24.3 Å². The molecule has 0 aliphatic carbocycles. The van der Waals surface area contributed by atoms with Gasteiger partial charge in [0.2, 0.25) is 0 Å². The highest BCUT2D eigenvalue weighted by molar-refractivity contribution is 6.23. The number of benzene rings is 1. The molecule has 0 saturated carbocycles. The number of pyridine rings is 1. The monoisotopic (exact) mass is 303 g/mol. The van der Waals surface area contributed by atoms with Gasteiger partial charge >= 0.3 is 0 Å². The predicted molar refractivity (Wildman–Crippen MR) is 74.8 cm³/mol. The van der Waals surface area contributed by atoms with E-state index in [0.29, 0.717) is 5.75 Å². The van der Waals surface area contributed by atoms with Gasteiger partial charge in [-0.25, -0.2) is 4.39 Å². The molecule has 0 unspecified atom stereocenters. The maximum atomic E-state index is 14.0. The second kappa shape index (κ2) is 4.69. The number of halogens is 1. The van der Waals surface area contributed by atoms with Crippen LogP contribution in [-0.4, -0.2) is 23.5 Å². The molecule has 3 N–H and O–H groups in total. The minimum Gasteiger partial charge on any atom is -0.497 e. The number of methoxy groups -OCH3 is 1. The molecule has 0 radical (unpaired) electrons. The number of anilines is 1. The van der Waals surface area contributed by atoms with E-state index in [1.807, 2.05) is 5.32 Å². The van der Waals surface area contributed by atoms with Crippen molar-refractivity contribution in [2.45, 2.75) is 0 Å². The number of hydrogen-bond donors (Lipinski definition) is 2. The summed E-state index contributed by atoms with van der Waals surface area (Å²) in [7, 11) is 1.39. The number of nitrogens with zero attached hydrogens (tertiary/aromatic N) is 1. The van der Waals surface area contributed by atoms with Gasteiger partial charge in [-0.1, -0.05) is 0 Å². The van der Waals surface area contributed by atoms with Crippen molar-refractivity contribution in [2.24, 2.45) is 0 Å². The standard InChI is InChI=1S/C14H10FN3O4/c1-22-6-2-3-8(15)9(4-6)18-10(19)5-7-11(12(18)16)14(21)17-13(7)20/h2-5H,16H2,1H3,(H,17,20,21). The second-order valence-corrected chi connectivity index (χ2v) is 4.59. The van der Waals surface area contributed by atoms with Gasteiger partial charge in [0.15, 0.2) is 0 Å². The topological polar surface area (TPSA) is 103 Å². The largest absolute Gasteiger partial charge is 0.497 e. The maximum Gasteiger partial charge on any atom is 0.262 e. The number of carbonyl (C=O) groups is 2. The van der Waals surface area contributed by atoms with Gasteiger partial charge in [0.1, 0.15) is 17.4 Å². The van der Waals surface area contributed by atoms with Crippen molar-refractivity contribution in [1.82, 2.24) is 9.88 Å². The Labute approximate surface area is 123 Å². The molecule has 0 saturated heterocycles. The summed E-state index contributed by atoms with van der Waals surface area (Å²) in [6.45, 7) is 0. The third kappa shape index (κ3) is 1.85. The fourth-order valence-electron chi connectivity index (χ4n) is 2.32. The molecular weight excluding hydrogens is 293 g/mol. The van der Waals surface area contributed by atoms with E-state index in [9.17, 15) is 18.8 Å². The van der Waals surface area contributed by atoms with Crippen LogP contribution in [-0.2, 0) is 0 Å². The van der Waals surface area contributed by atoms with Gasteiger partial charge in [-0.15, -0.1) is 0 Å². The fourth-order valence-corrected chi connectivity index (χ4v) is 2.32. The van der Waals surface area contributed by atoms with Crippen molar-refractivity contribution in [3.05, 3.63) is 51.6 Å². The lowest BCUT2D eigenvalue weighted by atomic mass is 10.1. The van der Waals surface area contributed by atoms with Gasteiger partial charge < -0.3 is 10.5 Å². The van der Waals surface area contributed by atoms with E-state index in [-0.39, 0.29) is 22.6 Å². The first-order valence-corrected chi connectivity index (χ1v) is 6.19. The Morgan fingerprint density at radius 3 is 2.59 bits per heavy atom. The molecule has 0 atom stereocenters. The number of rotatable bonds is 2. The smallest absolute Gasteiger partial charge is 0.262 e. The van der Waals surface area contributed by atoms with Crippen LogP contribution in [0.2, 0.25) is 0 Å². The number of amides is 2. The molecule has 2 amide bonds. The van der Waals surface area contributed by atoms with E-state index in [0.717, 1.165) is 16.7 Å². The van der Waals surface area contributed by atoms with Crippen molar-refractivity contribution < 1.29 is 18.7 Å². The first-order chi connectivity index (χ1) is 10.4. The van der Waals surface area contributed by atoms with Crippen LogP contribution < -0.4 is 21.3 Å². The summed E-state index contributed by atoms with van der Waals surface area (Å²) in [5.41, 5.74) is 4.66. The van der Waals surface area contributed by atoms with Crippen LogP contribution in [0.1, 0.15) is 20.7 Å². The van der Waals surface area contributed by atoms with Crippen molar-refractivity contribution in [3.8, 4) is 11.4 Å². The minimum atomic E-state index is -0.728. The van der Waals surface area contributed by atoms with Gasteiger partial charge in [0, 0.05) is 12.1 Å². The Morgan fingerprint density at radius 2 is 1.91 bits per heavy atom. The first-order valence-electron chi connectivity index (χ1n) is 6.19. The molecule has 1 aromatic carbocycles. The van der Waals surface area contributed by atoms with Crippen molar-refractivity contribution in [1.29, 1.82) is 0 Å². The number of imide groups is 1. The zero-order chi connectivity index (χ0) is 16.0. The lowest BCUT2D eigenvalue weighted by molar-refractivity contribution is 0.0880. The van der Waals surface area contributed by atoms with Gasteiger partial charge in [0.25, 0.3) is 17.4 Å². The molecular formula is C14H10FN3O4. The quantitative estimate of drug-likeness (QED) is 0.784. The van der Waals surface area contributed by atoms with Crippen LogP contribution in [0.5, 0.6) is 5.75 Å². The Kier molecular flexibility index (Phi) is 2.94. The molecule has 7 nitrogen and oxygen atoms in total. The lowest BCUT2D eigenvalue weighted by Gasteiger charge is -2.13. The molecule has 0 fully saturated rings. The van der Waals surface area contributed by atoms with Crippen LogP contribution in [0.15, 0.2) is 29.1 Å². The minimum absolute atomic E-state index is 0.118. The number of aromatic nitrogens is 1. The highest BCUT2D eigenvalue weighted by Crippen LogP contribution is 2.26. The number of nitrogens with two attached hydrogens (primary N) is 1. The zero-order valence-electron chi connectivity index (χ0n) is 11.3. The maximum absolute atomic E-state index is 14.0. The Bertz CT molecular complexity index is 888. The Hall–Kier alpha value is -3.16. The van der Waals surface area contributed by atoms with E-state index in [4.69, 9.17) is 10.5 Å². The van der Waals surface area contributed by atoms with Crippen molar-refractivity contribution in [3.63, 3.8) is 0 Å². The molecule has 1 aliphatic rings. The van der Waals surface area contributed by atoms with Crippen molar-refractivity contribution in [2.75, 3.05) is 12.8 Å². The first kappa shape index (κ1) is 13.8. The number of nitrogens with one attached hydrogen (secondary N) is 1. The molecule has 1 aliphatic heterocycles. The SMILES string of the molecule is COc1ccc(F)c(-n2c(N)c3c(cc2=O)C(=O)NC3=O)c1. The summed E-state index contributed by atoms with van der Waals surface area (Å²) in [6.07, 6.45) is 0. The van der Waals surface area contributed by atoms with E-state index >= 15 is 0 Å². The summed E-state index contributed by atoms with van der Waals surface area (Å²) in [5, 5.41) is 2.04. The lowest BCUT2D eigenvalue weighted by Crippen LogP contribution is -2.24. The van der Waals surface area contributed by atoms with Gasteiger partial charge in [0.05, 0.1) is 23.9 Å². The van der Waals surface area contributed by atoms with Crippen LogP contribution in [0, 0.1) is 5.82 Å². The average molecular weight is 303 g/mol. The summed E-state index contributed by atoms with van der Waals surface area (Å²) < 4.78 is 19.9. The molecule has 22 heavy (non-hydrogen) atoms. The Morgan fingerprint density at radius 1 is 1.18 bits per heavy atom. The van der Waals surface area contributed by atoms with E-state index in [2.05, 4.69) is 0 Å². The molecule has 1 aromatic heterocycles. The molecule has 112 valence electrons. The highest BCUT2D eigenvalue weighted by atomic mass is 19.1. The van der Waals surface area contributed by atoms with Gasteiger partial charge in [-0.2, -0.15) is 0 Å². The summed E-state index contributed by atoms with van der Waals surface area (Å²) in [4.78, 5) is 35.5. The van der Waals surface area contributed by atoms with E-state index in [1.54, 1.807) is 0 Å². The van der Waals surface area contributed by atoms with Crippen LogP contribution in [0.3, 0.4) is 0 Å². The number of nitrogen functional groups attached to an aromatic ring is 1. The summed E-state index contributed by atoms with van der Waals surface area (Å²) >= 11 is 0. The molecule has 3 rings (SSSR count). The molecule has 0 spiro atoms. The predicted octanol–water partition coefficient (Wildman–Crippen LogP) is 0.451. The summed E-state index contributed by atoms with van der Waals surface area (Å²) in [6, 6.07) is 4.71. The van der Waals surface area contributed by atoms with Crippen LogP contribution >= 0.6 is 0 Å². The number of ether oxygens (including phenoxy) is 1. The third-order valence-corrected chi connectivity index (χ3v) is 3.35. The zero-order valence-corrected chi connectivity index (χ0v) is 11.3. The van der Waals surface area contributed by atoms with Gasteiger partial charge in [-0.05, 0) is 12.1 Å². The van der Waals surface area contributed by atoms with Crippen LogP contribution in [0.25, 0.3) is 5.69 Å². The van der Waals surface area contributed by atoms with Crippen molar-refractivity contribution >= 4 is 17.6 Å². The number of fused-ring (bicyclic) bond motifs is 1. The molecule has 8 heteroatoms. The Balaban J connectivity index is 2.35. The second-order valence-electron chi connectivity index (χ2n) is 4.59. The highest BCUT2D eigenvalue weighted by Gasteiger charge is 2.32. The third-order valence-electron chi connectivity index (χ3n) is 3.35. The molecule has 2 heterocycles. The number of hydrogen-bond acceptors (Lipinski definition) is 5. The van der Waals surface area contributed by atoms with Crippen LogP contribution in [0.4, 0.5) is 10.2 Å². The average Bonchev–Trinajstić information content (AvgIpc) is 2.75.